The number of nitrogens with zero attached hydrogens (tertiary/aromatic N) is 2. The summed E-state index contributed by atoms with van der Waals surface area (Å²) in [7, 11) is 4.20. The van der Waals surface area contributed by atoms with Crippen LogP contribution in [0.1, 0.15) is 11.1 Å². The van der Waals surface area contributed by atoms with Gasteiger partial charge in [0.05, 0.1) is 23.3 Å². The Hall–Kier alpha value is -4.58. The molecular formula is C38H30N2OS2+2. The Kier molecular flexibility index (Phi) is 6.07. The van der Waals surface area contributed by atoms with Crippen LogP contribution in [-0.4, -0.2) is 0 Å². The molecule has 0 saturated heterocycles. The molecule has 43 heavy (non-hydrogen) atoms. The molecule has 4 aromatic carbocycles. The standard InChI is InChI=1S/C38H30N2OS2/c1-23-19-21-27-25-11-5-7-15-31(25)42-37(27)35(23)29-13-9-17-33(39(29)3)41-34-18-10-14-30(40(34)4)36-24(2)20-22-28-26-12-6-8-16-32(26)43-38(28)36/h5-22H,1-4H3/q+2. The highest BCUT2D eigenvalue weighted by Crippen LogP contribution is 2.42. The zero-order chi connectivity index (χ0) is 29.2. The number of aromatic nitrogens is 2. The molecule has 4 aromatic heterocycles. The molecule has 0 radical (unpaired) electrons. The number of ether oxygens (including phenoxy) is 1. The average molecular weight is 595 g/mol. The van der Waals surface area contributed by atoms with Crippen molar-refractivity contribution in [2.24, 2.45) is 14.1 Å². The predicted molar refractivity (Wildman–Crippen MR) is 181 cm³/mol. The van der Waals surface area contributed by atoms with Crippen LogP contribution in [0.3, 0.4) is 0 Å². The number of benzene rings is 4. The topological polar surface area (TPSA) is 17.0 Å². The van der Waals surface area contributed by atoms with Gasteiger partial charge in [0.1, 0.15) is 14.1 Å². The first kappa shape index (κ1) is 26.1. The molecule has 0 aliphatic carbocycles. The highest BCUT2D eigenvalue weighted by molar-refractivity contribution is 7.26. The van der Waals surface area contributed by atoms with Crippen molar-refractivity contribution in [2.75, 3.05) is 0 Å². The molecular weight excluding hydrogens is 565 g/mol. The van der Waals surface area contributed by atoms with Gasteiger partial charge >= 0.3 is 11.8 Å². The molecule has 0 saturated carbocycles. The summed E-state index contributed by atoms with van der Waals surface area (Å²) in [6.45, 7) is 4.40. The average Bonchev–Trinajstić information content (AvgIpc) is 3.58. The fourth-order valence-electron chi connectivity index (χ4n) is 6.35. The van der Waals surface area contributed by atoms with Crippen LogP contribution in [0.4, 0.5) is 0 Å². The smallest absolute Gasteiger partial charge is 0.348 e. The normalized spacial score (nSPS) is 11.7. The van der Waals surface area contributed by atoms with Crippen LogP contribution in [0, 0.1) is 13.8 Å². The largest absolute Gasteiger partial charge is 0.377 e. The van der Waals surface area contributed by atoms with Crippen LogP contribution in [0.2, 0.25) is 0 Å². The quantitative estimate of drug-likeness (QED) is 0.185. The Labute approximate surface area is 258 Å². The molecule has 4 heterocycles. The lowest BCUT2D eigenvalue weighted by molar-refractivity contribution is -0.685. The first-order valence-corrected chi connectivity index (χ1v) is 16.1. The zero-order valence-corrected chi connectivity index (χ0v) is 26.1. The van der Waals surface area contributed by atoms with E-state index in [9.17, 15) is 0 Å². The van der Waals surface area contributed by atoms with Gasteiger partial charge in [0, 0.05) is 52.5 Å². The number of aryl methyl sites for hydroxylation is 2. The van der Waals surface area contributed by atoms with Crippen LogP contribution in [-0.2, 0) is 14.1 Å². The molecule has 0 bridgehead atoms. The molecule has 0 aliphatic rings. The first-order chi connectivity index (χ1) is 21.0. The van der Waals surface area contributed by atoms with Crippen molar-refractivity contribution in [1.82, 2.24) is 0 Å². The van der Waals surface area contributed by atoms with Crippen LogP contribution < -0.4 is 13.9 Å². The van der Waals surface area contributed by atoms with E-state index in [1.807, 2.05) is 22.7 Å². The van der Waals surface area contributed by atoms with Gasteiger partial charge in [0.2, 0.25) is 11.4 Å². The van der Waals surface area contributed by atoms with Crippen molar-refractivity contribution in [2.45, 2.75) is 13.8 Å². The Balaban J connectivity index is 1.25. The van der Waals surface area contributed by atoms with Crippen molar-refractivity contribution in [3.05, 3.63) is 120 Å². The molecule has 3 nitrogen and oxygen atoms in total. The van der Waals surface area contributed by atoms with E-state index in [1.54, 1.807) is 0 Å². The maximum atomic E-state index is 6.72. The van der Waals surface area contributed by atoms with Crippen LogP contribution >= 0.6 is 22.7 Å². The Bertz CT molecular complexity index is 2210. The molecule has 0 aliphatic heterocycles. The fraction of sp³-hybridized carbons (Fsp3) is 0.105. The summed E-state index contributed by atoms with van der Waals surface area (Å²) < 4.78 is 16.3. The molecule has 208 valence electrons. The summed E-state index contributed by atoms with van der Waals surface area (Å²) in [4.78, 5) is 0. The lowest BCUT2D eigenvalue weighted by Crippen LogP contribution is -2.37. The number of fused-ring (bicyclic) bond motifs is 6. The highest BCUT2D eigenvalue weighted by Gasteiger charge is 2.26. The molecule has 8 aromatic rings. The monoisotopic (exact) mass is 594 g/mol. The van der Waals surface area contributed by atoms with E-state index in [2.05, 4.69) is 146 Å². The minimum absolute atomic E-state index is 0.791. The van der Waals surface area contributed by atoms with Crippen LogP contribution in [0.5, 0.6) is 11.8 Å². The van der Waals surface area contributed by atoms with Crippen molar-refractivity contribution >= 4 is 63.0 Å². The maximum absolute atomic E-state index is 6.72. The van der Waals surface area contributed by atoms with E-state index in [0.717, 1.165) is 23.1 Å². The van der Waals surface area contributed by atoms with Crippen molar-refractivity contribution in [1.29, 1.82) is 0 Å². The molecule has 0 spiro atoms. The third kappa shape index (κ3) is 4.07. The second kappa shape index (κ2) is 10.0. The molecule has 0 N–H and O–H groups in total. The number of pyridine rings is 2. The predicted octanol–water partition coefficient (Wildman–Crippen LogP) is 9.81. The molecule has 0 atom stereocenters. The lowest BCUT2D eigenvalue weighted by Gasteiger charge is -2.10. The first-order valence-electron chi connectivity index (χ1n) is 14.5. The van der Waals surface area contributed by atoms with Crippen molar-refractivity contribution < 1.29 is 13.9 Å². The fourth-order valence-corrected chi connectivity index (χ4v) is 8.97. The zero-order valence-electron chi connectivity index (χ0n) is 24.5. The van der Waals surface area contributed by atoms with E-state index >= 15 is 0 Å². The highest BCUT2D eigenvalue weighted by atomic mass is 32.1. The van der Waals surface area contributed by atoms with E-state index in [4.69, 9.17) is 4.74 Å². The third-order valence-electron chi connectivity index (χ3n) is 8.60. The summed E-state index contributed by atoms with van der Waals surface area (Å²) in [5, 5.41) is 5.23. The van der Waals surface area contributed by atoms with Gasteiger partial charge in [0.25, 0.3) is 0 Å². The Morgan fingerprint density at radius 1 is 0.465 bits per heavy atom. The third-order valence-corrected chi connectivity index (χ3v) is 11.0. The van der Waals surface area contributed by atoms with Gasteiger partial charge in [-0.3, -0.25) is 0 Å². The number of thiophene rings is 2. The Morgan fingerprint density at radius 3 is 1.37 bits per heavy atom. The summed E-state index contributed by atoms with van der Waals surface area (Å²) in [6.07, 6.45) is 0. The molecule has 5 heteroatoms. The second-order valence-electron chi connectivity index (χ2n) is 11.2. The second-order valence-corrected chi connectivity index (χ2v) is 13.3. The van der Waals surface area contributed by atoms with Crippen molar-refractivity contribution in [3.63, 3.8) is 0 Å². The van der Waals surface area contributed by atoms with Gasteiger partial charge in [-0.1, -0.05) is 60.7 Å². The summed E-state index contributed by atoms with van der Waals surface area (Å²) >= 11 is 3.73. The number of hydrogen-bond acceptors (Lipinski definition) is 3. The Morgan fingerprint density at radius 2 is 0.907 bits per heavy atom. The van der Waals surface area contributed by atoms with E-state index in [0.29, 0.717) is 0 Å². The molecule has 0 amide bonds. The van der Waals surface area contributed by atoms with Crippen molar-refractivity contribution in [3.8, 4) is 34.3 Å². The SMILES string of the molecule is Cc1ccc2c(sc3ccccc32)c1-c1cccc(Oc2cccc(-c3c(C)ccc4c3sc3ccccc34)[n+]2C)[n+]1C. The summed E-state index contributed by atoms with van der Waals surface area (Å²) in [5.41, 5.74) is 7.31. The van der Waals surface area contributed by atoms with Crippen LogP contribution in [0.25, 0.3) is 62.9 Å². The van der Waals surface area contributed by atoms with Gasteiger partial charge in [-0.2, -0.15) is 9.13 Å². The number of rotatable bonds is 4. The van der Waals surface area contributed by atoms with Gasteiger partial charge in [0.15, 0.2) is 0 Å². The van der Waals surface area contributed by atoms with E-state index in [1.165, 1.54) is 62.6 Å². The van der Waals surface area contributed by atoms with Gasteiger partial charge in [-0.05, 0) is 49.2 Å². The molecule has 0 fully saturated rings. The molecule has 0 unspecified atom stereocenters. The van der Waals surface area contributed by atoms with E-state index < -0.39 is 0 Å². The summed E-state index contributed by atoms with van der Waals surface area (Å²) in [6, 6.07) is 39.1. The number of hydrogen-bond donors (Lipinski definition) is 0. The van der Waals surface area contributed by atoms with Gasteiger partial charge < -0.3 is 4.74 Å². The lowest BCUT2D eigenvalue weighted by atomic mass is 10.0. The minimum Gasteiger partial charge on any atom is -0.348 e. The minimum atomic E-state index is 0.791. The molecule has 8 rings (SSSR count). The maximum Gasteiger partial charge on any atom is 0.377 e. The summed E-state index contributed by atoms with van der Waals surface area (Å²) in [5.74, 6) is 1.58. The van der Waals surface area contributed by atoms with Crippen LogP contribution in [0.15, 0.2) is 109 Å². The van der Waals surface area contributed by atoms with E-state index in [-0.39, 0.29) is 0 Å². The van der Waals surface area contributed by atoms with Gasteiger partial charge in [-0.25, -0.2) is 0 Å². The van der Waals surface area contributed by atoms with Gasteiger partial charge in [-0.15, -0.1) is 22.7 Å².